The van der Waals surface area contributed by atoms with Crippen molar-refractivity contribution in [1.29, 1.82) is 0 Å². The van der Waals surface area contributed by atoms with Crippen molar-refractivity contribution in [2.75, 3.05) is 13.1 Å². The van der Waals surface area contributed by atoms with E-state index in [1.165, 1.54) is 0 Å². The van der Waals surface area contributed by atoms with Crippen LogP contribution in [-0.2, 0) is 23.4 Å². The van der Waals surface area contributed by atoms with Gasteiger partial charge < -0.3 is 0 Å². The average Bonchev–Trinajstić information content (AvgIpc) is 3.33. The van der Waals surface area contributed by atoms with Gasteiger partial charge in [-0.15, -0.1) is 0 Å². The lowest BCUT2D eigenvalue weighted by Crippen LogP contribution is -2.25. The molecular weight excluding hydrogens is 360 g/mol. The van der Waals surface area contributed by atoms with Gasteiger partial charge in [0.2, 0.25) is 0 Å². The van der Waals surface area contributed by atoms with E-state index in [-0.39, 0.29) is 11.2 Å². The molecule has 0 bridgehead atoms. The Hall–Kier alpha value is -2.51. The third-order valence-electron chi connectivity index (χ3n) is 5.63. The van der Waals surface area contributed by atoms with E-state index in [0.717, 1.165) is 35.3 Å². The van der Waals surface area contributed by atoms with Crippen molar-refractivity contribution in [1.82, 2.24) is 19.7 Å². The monoisotopic (exact) mass is 380 g/mol. The van der Waals surface area contributed by atoms with Crippen molar-refractivity contribution in [2.24, 2.45) is 7.05 Å². The summed E-state index contributed by atoms with van der Waals surface area (Å²) in [6.07, 6.45) is 7.34. The number of rotatable bonds is 3. The van der Waals surface area contributed by atoms with Crippen molar-refractivity contribution in [2.45, 2.75) is 22.6 Å². The predicted octanol–water partition coefficient (Wildman–Crippen LogP) is 2.24. The van der Waals surface area contributed by atoms with Crippen molar-refractivity contribution >= 4 is 9.84 Å². The van der Waals surface area contributed by atoms with E-state index in [2.05, 4.69) is 21.0 Å². The number of pyridine rings is 1. The summed E-state index contributed by atoms with van der Waals surface area (Å²) in [5.41, 5.74) is 4.17. The highest BCUT2D eigenvalue weighted by Crippen LogP contribution is 2.46. The molecule has 1 fully saturated rings. The minimum Gasteiger partial charge on any atom is -0.297 e. The largest absolute Gasteiger partial charge is 0.297 e. The van der Waals surface area contributed by atoms with Crippen molar-refractivity contribution in [3.05, 3.63) is 66.2 Å². The Morgan fingerprint density at radius 3 is 2.67 bits per heavy atom. The third-order valence-corrected chi connectivity index (χ3v) is 7.89. The fraction of sp³-hybridized carbons (Fsp3) is 0.300. The Labute approximate surface area is 158 Å². The van der Waals surface area contributed by atoms with Crippen LogP contribution in [0.2, 0.25) is 0 Å². The van der Waals surface area contributed by atoms with Crippen LogP contribution in [0.5, 0.6) is 0 Å². The van der Waals surface area contributed by atoms with Gasteiger partial charge in [0.05, 0.1) is 16.3 Å². The molecule has 0 unspecified atom stereocenters. The molecule has 0 amide bonds. The molecular formula is C20H20N4O2S. The van der Waals surface area contributed by atoms with Crippen LogP contribution in [0, 0.1) is 0 Å². The second kappa shape index (κ2) is 6.00. The molecule has 0 N–H and O–H groups in total. The minimum absolute atomic E-state index is 0.0310. The van der Waals surface area contributed by atoms with Gasteiger partial charge in [-0.05, 0) is 41.0 Å². The van der Waals surface area contributed by atoms with Crippen LogP contribution in [0.25, 0.3) is 11.1 Å². The molecule has 0 spiro atoms. The number of sulfone groups is 1. The smallest absolute Gasteiger partial charge is 0.183 e. The van der Waals surface area contributed by atoms with Gasteiger partial charge in [0.1, 0.15) is 0 Å². The standard InChI is InChI=1S/C20H20N4O2S/c1-23-10-14(9-22-23)11-24-12-18-17-8-16(15-4-6-21-7-5-15)2-3-19(17)27(25,26)20(18)13-24/h2-10,18,20H,11-13H2,1H3/t18-,20-/m0/s1. The average molecular weight is 380 g/mol. The topological polar surface area (TPSA) is 68.1 Å². The Balaban J connectivity index is 1.48. The van der Waals surface area contributed by atoms with Crippen LogP contribution in [0.1, 0.15) is 17.0 Å². The van der Waals surface area contributed by atoms with Gasteiger partial charge in [-0.2, -0.15) is 5.10 Å². The molecule has 0 aliphatic carbocycles. The molecule has 2 aromatic heterocycles. The lowest BCUT2D eigenvalue weighted by Gasteiger charge is -2.16. The summed E-state index contributed by atoms with van der Waals surface area (Å²) < 4.78 is 27.9. The van der Waals surface area contributed by atoms with Crippen LogP contribution < -0.4 is 0 Å². The van der Waals surface area contributed by atoms with Crippen LogP contribution in [0.15, 0.2) is 60.0 Å². The van der Waals surface area contributed by atoms with Crippen molar-refractivity contribution in [3.63, 3.8) is 0 Å². The highest BCUT2D eigenvalue weighted by atomic mass is 32.2. The Bertz CT molecular complexity index is 1110. The molecule has 6 nitrogen and oxygen atoms in total. The first kappa shape index (κ1) is 16.6. The lowest BCUT2D eigenvalue weighted by atomic mass is 9.95. The molecule has 1 aromatic carbocycles. The summed E-state index contributed by atoms with van der Waals surface area (Å²) in [6.45, 7) is 2.06. The van der Waals surface area contributed by atoms with E-state index in [0.29, 0.717) is 11.4 Å². The number of hydrogen-bond donors (Lipinski definition) is 0. The minimum atomic E-state index is -3.28. The first-order valence-electron chi connectivity index (χ1n) is 9.00. The molecule has 2 aliphatic heterocycles. The molecule has 7 heteroatoms. The Kier molecular flexibility index (Phi) is 3.70. The summed E-state index contributed by atoms with van der Waals surface area (Å²) in [5.74, 6) is 0.0310. The number of fused-ring (bicyclic) bond motifs is 3. The van der Waals surface area contributed by atoms with Crippen molar-refractivity contribution < 1.29 is 8.42 Å². The zero-order valence-corrected chi connectivity index (χ0v) is 15.8. The van der Waals surface area contributed by atoms with E-state index in [4.69, 9.17) is 0 Å². The van der Waals surface area contributed by atoms with Gasteiger partial charge in [-0.1, -0.05) is 6.07 Å². The molecule has 0 saturated carbocycles. The van der Waals surface area contributed by atoms with Gasteiger partial charge >= 0.3 is 0 Å². The molecule has 138 valence electrons. The molecule has 27 heavy (non-hydrogen) atoms. The second-order valence-electron chi connectivity index (χ2n) is 7.39. The summed E-state index contributed by atoms with van der Waals surface area (Å²) in [4.78, 5) is 6.80. The fourth-order valence-electron chi connectivity index (χ4n) is 4.39. The maximum Gasteiger partial charge on any atom is 0.183 e. The van der Waals surface area contributed by atoms with E-state index in [1.807, 2.05) is 37.6 Å². The number of aromatic nitrogens is 3. The van der Waals surface area contributed by atoms with E-state index in [1.54, 1.807) is 23.1 Å². The normalized spacial score (nSPS) is 23.3. The zero-order valence-electron chi connectivity index (χ0n) is 15.0. The first-order valence-corrected chi connectivity index (χ1v) is 10.5. The van der Waals surface area contributed by atoms with Gasteiger partial charge in [0.15, 0.2) is 9.84 Å². The van der Waals surface area contributed by atoms with Gasteiger partial charge in [0, 0.05) is 56.8 Å². The first-order chi connectivity index (χ1) is 13.0. The van der Waals surface area contributed by atoms with Crippen LogP contribution in [-0.4, -0.2) is 46.4 Å². The lowest BCUT2D eigenvalue weighted by molar-refractivity contribution is 0.325. The molecule has 1 saturated heterocycles. The third kappa shape index (κ3) is 2.69. The molecule has 2 aliphatic rings. The van der Waals surface area contributed by atoms with Gasteiger partial charge in [-0.25, -0.2) is 8.42 Å². The van der Waals surface area contributed by atoms with Gasteiger partial charge in [0.25, 0.3) is 0 Å². The Morgan fingerprint density at radius 1 is 1.11 bits per heavy atom. The molecule has 4 heterocycles. The number of aryl methyl sites for hydroxylation is 1. The highest BCUT2D eigenvalue weighted by molar-refractivity contribution is 7.92. The highest BCUT2D eigenvalue weighted by Gasteiger charge is 2.50. The summed E-state index contributed by atoms with van der Waals surface area (Å²) >= 11 is 0. The summed E-state index contributed by atoms with van der Waals surface area (Å²) in [6, 6.07) is 9.64. The zero-order chi connectivity index (χ0) is 18.6. The van der Waals surface area contributed by atoms with Gasteiger partial charge in [-0.3, -0.25) is 14.6 Å². The van der Waals surface area contributed by atoms with E-state index in [9.17, 15) is 8.42 Å². The van der Waals surface area contributed by atoms with Crippen molar-refractivity contribution in [3.8, 4) is 11.1 Å². The molecule has 0 radical (unpaired) electrons. The fourth-order valence-corrected chi connectivity index (χ4v) is 6.59. The second-order valence-corrected chi connectivity index (χ2v) is 9.53. The number of nitrogens with zero attached hydrogens (tertiary/aromatic N) is 4. The maximum absolute atomic E-state index is 13.1. The number of likely N-dealkylation sites (tertiary alicyclic amines) is 1. The molecule has 3 aromatic rings. The molecule has 2 atom stereocenters. The summed E-state index contributed by atoms with van der Waals surface area (Å²) in [5, 5.41) is 3.86. The molecule has 5 rings (SSSR count). The van der Waals surface area contributed by atoms with E-state index < -0.39 is 9.84 Å². The quantitative estimate of drug-likeness (QED) is 0.697. The van der Waals surface area contributed by atoms with E-state index >= 15 is 0 Å². The number of benzene rings is 1. The summed E-state index contributed by atoms with van der Waals surface area (Å²) in [7, 11) is -1.38. The van der Waals surface area contributed by atoms with Crippen LogP contribution in [0.4, 0.5) is 0 Å². The SMILES string of the molecule is Cn1cc(CN2C[C@H]3c4cc(-c5ccncc5)ccc4S(=O)(=O)[C@H]3C2)cn1. The predicted molar refractivity (Wildman–Crippen MR) is 102 cm³/mol. The van der Waals surface area contributed by atoms with Crippen LogP contribution >= 0.6 is 0 Å². The Morgan fingerprint density at radius 2 is 1.93 bits per heavy atom. The van der Waals surface area contributed by atoms with Crippen LogP contribution in [0.3, 0.4) is 0 Å². The number of hydrogen-bond acceptors (Lipinski definition) is 5. The maximum atomic E-state index is 13.1.